The number of rotatable bonds is 3. The van der Waals surface area contributed by atoms with Crippen LogP contribution in [0.3, 0.4) is 0 Å². The van der Waals surface area contributed by atoms with Crippen LogP contribution in [0.15, 0.2) is 0 Å². The van der Waals surface area contributed by atoms with Crippen molar-refractivity contribution in [2.45, 2.75) is 19.1 Å². The van der Waals surface area contributed by atoms with E-state index in [4.69, 9.17) is 4.74 Å². The van der Waals surface area contributed by atoms with Crippen LogP contribution in [-0.2, 0) is 14.3 Å². The summed E-state index contributed by atoms with van der Waals surface area (Å²) < 4.78 is 9.76. The highest BCUT2D eigenvalue weighted by Crippen LogP contribution is 2.16. The van der Waals surface area contributed by atoms with E-state index in [-0.39, 0.29) is 12.2 Å². The maximum atomic E-state index is 10.9. The van der Waals surface area contributed by atoms with Crippen LogP contribution >= 0.6 is 0 Å². The lowest BCUT2D eigenvalue weighted by molar-refractivity contribution is -0.144. The van der Waals surface area contributed by atoms with E-state index in [0.29, 0.717) is 6.54 Å². The van der Waals surface area contributed by atoms with Gasteiger partial charge in [0.1, 0.15) is 6.23 Å². The summed E-state index contributed by atoms with van der Waals surface area (Å²) in [6, 6.07) is 0. The summed E-state index contributed by atoms with van der Waals surface area (Å²) in [6.45, 7) is 1.27. The normalized spacial score (nSPS) is 24.3. The molecule has 0 amide bonds. The Balaban J connectivity index is 2.35. The SMILES string of the molecule is COC(=O)CN1CCC[C@@H]1OC. The van der Waals surface area contributed by atoms with Crippen molar-refractivity contribution >= 4 is 5.97 Å². The number of ether oxygens (including phenoxy) is 2. The lowest BCUT2D eigenvalue weighted by atomic mass is 10.4. The van der Waals surface area contributed by atoms with E-state index in [0.717, 1.165) is 19.4 Å². The Kier molecular flexibility index (Phi) is 3.49. The molecule has 4 heteroatoms. The van der Waals surface area contributed by atoms with Crippen molar-refractivity contribution in [1.82, 2.24) is 4.90 Å². The van der Waals surface area contributed by atoms with Crippen LogP contribution in [0.2, 0.25) is 0 Å². The molecule has 0 spiro atoms. The minimum atomic E-state index is -0.195. The average molecular weight is 173 g/mol. The fourth-order valence-corrected chi connectivity index (χ4v) is 1.47. The van der Waals surface area contributed by atoms with E-state index in [9.17, 15) is 4.79 Å². The average Bonchev–Trinajstić information content (AvgIpc) is 2.51. The van der Waals surface area contributed by atoms with Crippen LogP contribution < -0.4 is 0 Å². The highest BCUT2D eigenvalue weighted by Gasteiger charge is 2.25. The second kappa shape index (κ2) is 4.42. The zero-order valence-corrected chi connectivity index (χ0v) is 7.58. The van der Waals surface area contributed by atoms with Crippen molar-refractivity contribution < 1.29 is 14.3 Å². The van der Waals surface area contributed by atoms with Crippen LogP contribution in [0.1, 0.15) is 12.8 Å². The molecule has 1 rings (SSSR count). The topological polar surface area (TPSA) is 38.8 Å². The molecule has 1 atom stereocenters. The van der Waals surface area contributed by atoms with Crippen molar-refractivity contribution in [2.24, 2.45) is 0 Å². The molecule has 1 heterocycles. The minimum Gasteiger partial charge on any atom is -0.468 e. The van der Waals surface area contributed by atoms with Gasteiger partial charge in [-0.3, -0.25) is 9.69 Å². The zero-order chi connectivity index (χ0) is 8.97. The summed E-state index contributed by atoms with van der Waals surface area (Å²) in [6.07, 6.45) is 2.20. The minimum absolute atomic E-state index is 0.101. The van der Waals surface area contributed by atoms with Crippen molar-refractivity contribution in [2.75, 3.05) is 27.3 Å². The van der Waals surface area contributed by atoms with Gasteiger partial charge in [-0.1, -0.05) is 0 Å². The Morgan fingerprint density at radius 3 is 2.92 bits per heavy atom. The highest BCUT2D eigenvalue weighted by atomic mass is 16.5. The molecule has 12 heavy (non-hydrogen) atoms. The summed E-state index contributed by atoms with van der Waals surface area (Å²) in [5.41, 5.74) is 0. The molecule has 0 aromatic heterocycles. The lowest BCUT2D eigenvalue weighted by Crippen LogP contribution is -2.35. The Morgan fingerprint density at radius 1 is 1.58 bits per heavy atom. The van der Waals surface area contributed by atoms with Gasteiger partial charge in [-0.2, -0.15) is 0 Å². The van der Waals surface area contributed by atoms with Gasteiger partial charge in [-0.05, 0) is 12.8 Å². The summed E-state index contributed by atoms with van der Waals surface area (Å²) in [5, 5.41) is 0. The van der Waals surface area contributed by atoms with E-state index in [2.05, 4.69) is 4.74 Å². The number of likely N-dealkylation sites (tertiary alicyclic amines) is 1. The summed E-state index contributed by atoms with van der Waals surface area (Å²) in [4.78, 5) is 12.9. The Morgan fingerprint density at radius 2 is 2.33 bits per heavy atom. The van der Waals surface area contributed by atoms with Gasteiger partial charge in [0.2, 0.25) is 0 Å². The molecule has 0 aromatic rings. The Hall–Kier alpha value is -0.610. The fourth-order valence-electron chi connectivity index (χ4n) is 1.47. The van der Waals surface area contributed by atoms with E-state index < -0.39 is 0 Å². The van der Waals surface area contributed by atoms with Crippen molar-refractivity contribution in [3.05, 3.63) is 0 Å². The van der Waals surface area contributed by atoms with Crippen LogP contribution in [0.25, 0.3) is 0 Å². The number of methoxy groups -OCH3 is 2. The van der Waals surface area contributed by atoms with E-state index >= 15 is 0 Å². The molecule has 0 aromatic carbocycles. The van der Waals surface area contributed by atoms with Crippen LogP contribution in [0.5, 0.6) is 0 Å². The molecule has 0 N–H and O–H groups in total. The number of nitrogens with zero attached hydrogens (tertiary/aromatic N) is 1. The first-order valence-electron chi connectivity index (χ1n) is 4.11. The molecular formula is C8H15NO3. The number of carbonyl (C=O) groups excluding carboxylic acids is 1. The number of hydrogen-bond acceptors (Lipinski definition) is 4. The first-order chi connectivity index (χ1) is 5.77. The van der Waals surface area contributed by atoms with Gasteiger partial charge >= 0.3 is 5.97 Å². The number of esters is 1. The molecule has 1 aliphatic rings. The molecule has 1 saturated heterocycles. The van der Waals surface area contributed by atoms with E-state index in [1.54, 1.807) is 7.11 Å². The summed E-state index contributed by atoms with van der Waals surface area (Å²) >= 11 is 0. The molecule has 0 aliphatic carbocycles. The van der Waals surface area contributed by atoms with Crippen LogP contribution in [0.4, 0.5) is 0 Å². The van der Waals surface area contributed by atoms with Crippen LogP contribution in [0, 0.1) is 0 Å². The van der Waals surface area contributed by atoms with Crippen molar-refractivity contribution in [3.8, 4) is 0 Å². The molecule has 0 bridgehead atoms. The quantitative estimate of drug-likeness (QED) is 0.573. The maximum absolute atomic E-state index is 10.9. The predicted octanol–water partition coefficient (Wildman–Crippen LogP) is 0.228. The van der Waals surface area contributed by atoms with Gasteiger partial charge in [0.15, 0.2) is 0 Å². The molecule has 1 aliphatic heterocycles. The molecule has 0 saturated carbocycles. The Labute approximate surface area is 72.4 Å². The third-order valence-corrected chi connectivity index (χ3v) is 2.14. The highest BCUT2D eigenvalue weighted by molar-refractivity contribution is 5.71. The largest absolute Gasteiger partial charge is 0.468 e. The maximum Gasteiger partial charge on any atom is 0.319 e. The monoisotopic (exact) mass is 173 g/mol. The standard InChI is InChI=1S/C8H15NO3/c1-11-7-4-3-5-9(7)6-8(10)12-2/h7H,3-6H2,1-2H3/t7-/m0/s1. The van der Waals surface area contributed by atoms with Gasteiger partial charge in [0, 0.05) is 13.7 Å². The van der Waals surface area contributed by atoms with Gasteiger partial charge in [-0.15, -0.1) is 0 Å². The smallest absolute Gasteiger partial charge is 0.319 e. The molecular weight excluding hydrogens is 158 g/mol. The van der Waals surface area contributed by atoms with E-state index in [1.807, 2.05) is 4.90 Å². The molecule has 70 valence electrons. The van der Waals surface area contributed by atoms with Gasteiger partial charge in [0.05, 0.1) is 13.7 Å². The van der Waals surface area contributed by atoms with Gasteiger partial charge in [0.25, 0.3) is 0 Å². The molecule has 4 nitrogen and oxygen atoms in total. The van der Waals surface area contributed by atoms with Crippen LogP contribution in [-0.4, -0.2) is 44.4 Å². The zero-order valence-electron chi connectivity index (χ0n) is 7.58. The molecule has 0 radical (unpaired) electrons. The molecule has 0 unspecified atom stereocenters. The Bertz CT molecular complexity index is 160. The second-order valence-corrected chi connectivity index (χ2v) is 2.88. The lowest BCUT2D eigenvalue weighted by Gasteiger charge is -2.21. The molecule has 1 fully saturated rings. The van der Waals surface area contributed by atoms with E-state index in [1.165, 1.54) is 7.11 Å². The number of carbonyl (C=O) groups is 1. The first-order valence-corrected chi connectivity index (χ1v) is 4.11. The van der Waals surface area contributed by atoms with Crippen molar-refractivity contribution in [1.29, 1.82) is 0 Å². The summed E-state index contributed by atoms with van der Waals surface area (Å²) in [7, 11) is 3.07. The third kappa shape index (κ3) is 2.19. The van der Waals surface area contributed by atoms with Gasteiger partial charge < -0.3 is 9.47 Å². The van der Waals surface area contributed by atoms with Crippen molar-refractivity contribution in [3.63, 3.8) is 0 Å². The fraction of sp³-hybridized carbons (Fsp3) is 0.875. The predicted molar refractivity (Wildman–Crippen MR) is 43.6 cm³/mol. The second-order valence-electron chi connectivity index (χ2n) is 2.88. The third-order valence-electron chi connectivity index (χ3n) is 2.14. The van der Waals surface area contributed by atoms with Gasteiger partial charge in [-0.25, -0.2) is 0 Å². The number of hydrogen-bond donors (Lipinski definition) is 0. The summed E-state index contributed by atoms with van der Waals surface area (Å²) in [5.74, 6) is -0.195. The first kappa shape index (κ1) is 9.48.